The van der Waals surface area contributed by atoms with Crippen LogP contribution in [0.1, 0.15) is 5.82 Å². The van der Waals surface area contributed by atoms with Crippen LogP contribution in [0, 0.1) is 0 Å². The molecule has 0 atom stereocenters. The first kappa shape index (κ1) is 7.01. The summed E-state index contributed by atoms with van der Waals surface area (Å²) in [5.41, 5.74) is 5.34. The van der Waals surface area contributed by atoms with E-state index >= 15 is 0 Å². The first-order chi connectivity index (χ1) is 4.79. The smallest absolute Gasteiger partial charge is 0.316 e. The lowest BCUT2D eigenvalue weighted by Gasteiger charge is -1.98. The molecule has 5 heteroatoms. The Labute approximate surface area is 58.8 Å². The van der Waals surface area contributed by atoms with E-state index in [2.05, 4.69) is 10.2 Å². The summed E-state index contributed by atoms with van der Waals surface area (Å²) >= 11 is 0. The molecule has 2 N–H and O–H groups in total. The van der Waals surface area contributed by atoms with Crippen molar-refractivity contribution in [1.29, 1.82) is 0 Å². The van der Waals surface area contributed by atoms with Crippen molar-refractivity contribution in [3.63, 3.8) is 0 Å². The third-order valence-electron chi connectivity index (χ3n) is 1.29. The molecule has 0 aliphatic heterocycles. The third kappa shape index (κ3) is 0.950. The van der Waals surface area contributed by atoms with Gasteiger partial charge >= 0.3 is 6.01 Å². The van der Waals surface area contributed by atoms with Gasteiger partial charge in [-0.05, 0) is 0 Å². The minimum absolute atomic E-state index is 0.382. The fourth-order valence-electron chi connectivity index (χ4n) is 0.701. The van der Waals surface area contributed by atoms with Crippen molar-refractivity contribution >= 4 is 0 Å². The number of rotatable bonds is 2. The normalized spacial score (nSPS) is 9.90. The molecular weight excluding hydrogens is 132 g/mol. The molecule has 0 bridgehead atoms. The average molecular weight is 142 g/mol. The van der Waals surface area contributed by atoms with Gasteiger partial charge in [0.05, 0.1) is 13.7 Å². The Morgan fingerprint density at radius 1 is 1.60 bits per heavy atom. The number of nitrogens with two attached hydrogens (primary N) is 1. The molecule has 1 aromatic rings. The second-order valence-electron chi connectivity index (χ2n) is 1.87. The van der Waals surface area contributed by atoms with E-state index in [1.54, 1.807) is 18.7 Å². The summed E-state index contributed by atoms with van der Waals surface area (Å²) in [6.07, 6.45) is 0. The first-order valence-corrected chi connectivity index (χ1v) is 2.92. The van der Waals surface area contributed by atoms with E-state index in [0.29, 0.717) is 12.6 Å². The quantitative estimate of drug-likeness (QED) is 0.592. The highest BCUT2D eigenvalue weighted by atomic mass is 16.5. The second kappa shape index (κ2) is 2.66. The molecule has 0 aromatic carbocycles. The minimum atomic E-state index is 0.382. The van der Waals surface area contributed by atoms with Crippen molar-refractivity contribution in [3.8, 4) is 6.01 Å². The molecule has 0 saturated heterocycles. The van der Waals surface area contributed by atoms with Gasteiger partial charge in [-0.1, -0.05) is 5.10 Å². The lowest BCUT2D eigenvalue weighted by Crippen LogP contribution is -2.05. The molecule has 0 aliphatic carbocycles. The fourth-order valence-corrected chi connectivity index (χ4v) is 0.701. The van der Waals surface area contributed by atoms with E-state index in [1.165, 1.54) is 0 Å². The van der Waals surface area contributed by atoms with Crippen LogP contribution in [0.2, 0.25) is 0 Å². The van der Waals surface area contributed by atoms with Crippen molar-refractivity contribution in [2.24, 2.45) is 12.8 Å². The largest absolute Gasteiger partial charge is 0.467 e. The molecule has 1 heterocycles. The van der Waals surface area contributed by atoms with Gasteiger partial charge in [-0.15, -0.1) is 5.10 Å². The SMILES string of the molecule is COc1nnc(CN)n1C. The Balaban J connectivity index is 2.97. The van der Waals surface area contributed by atoms with Gasteiger partial charge in [0.2, 0.25) is 0 Å². The fraction of sp³-hybridized carbons (Fsp3) is 0.600. The highest BCUT2D eigenvalue weighted by Gasteiger charge is 2.04. The summed E-state index contributed by atoms with van der Waals surface area (Å²) in [6, 6.07) is 0.487. The Kier molecular flexibility index (Phi) is 1.86. The zero-order valence-corrected chi connectivity index (χ0v) is 6.03. The highest BCUT2D eigenvalue weighted by Crippen LogP contribution is 2.04. The molecule has 0 unspecified atom stereocenters. The van der Waals surface area contributed by atoms with Crippen LogP contribution in [-0.4, -0.2) is 21.9 Å². The maximum atomic E-state index is 5.34. The van der Waals surface area contributed by atoms with E-state index in [9.17, 15) is 0 Å². The molecule has 0 fully saturated rings. The molecule has 10 heavy (non-hydrogen) atoms. The first-order valence-electron chi connectivity index (χ1n) is 2.92. The van der Waals surface area contributed by atoms with Crippen LogP contribution in [0.3, 0.4) is 0 Å². The van der Waals surface area contributed by atoms with Gasteiger partial charge in [-0.3, -0.25) is 4.57 Å². The van der Waals surface area contributed by atoms with Crippen molar-refractivity contribution in [2.75, 3.05) is 7.11 Å². The van der Waals surface area contributed by atoms with Crippen LogP contribution in [0.25, 0.3) is 0 Å². The number of methoxy groups -OCH3 is 1. The van der Waals surface area contributed by atoms with E-state index in [0.717, 1.165) is 5.82 Å². The highest BCUT2D eigenvalue weighted by molar-refractivity contribution is 4.98. The van der Waals surface area contributed by atoms with Gasteiger partial charge in [-0.2, -0.15) is 0 Å². The Bertz CT molecular complexity index is 198. The summed E-state index contributed by atoms with van der Waals surface area (Å²) in [4.78, 5) is 0. The number of hydrogen-bond donors (Lipinski definition) is 1. The number of aromatic nitrogens is 3. The number of nitrogens with zero attached hydrogens (tertiary/aromatic N) is 3. The number of ether oxygens (including phenoxy) is 1. The van der Waals surface area contributed by atoms with Gasteiger partial charge in [0.25, 0.3) is 0 Å². The molecule has 5 nitrogen and oxygen atoms in total. The third-order valence-corrected chi connectivity index (χ3v) is 1.29. The van der Waals surface area contributed by atoms with E-state index in [1.807, 2.05) is 0 Å². The summed E-state index contributed by atoms with van der Waals surface area (Å²) in [5.74, 6) is 0.719. The van der Waals surface area contributed by atoms with Crippen LogP contribution in [-0.2, 0) is 13.6 Å². The molecule has 0 saturated carbocycles. The van der Waals surface area contributed by atoms with Crippen LogP contribution >= 0.6 is 0 Å². The van der Waals surface area contributed by atoms with Crippen LogP contribution in [0.15, 0.2) is 0 Å². The van der Waals surface area contributed by atoms with Gasteiger partial charge in [0, 0.05) is 7.05 Å². The van der Waals surface area contributed by atoms with Crippen molar-refractivity contribution in [3.05, 3.63) is 5.82 Å². The standard InChI is InChI=1S/C5H10N4O/c1-9-4(3-6)7-8-5(9)10-2/h3,6H2,1-2H3. The molecule has 0 aliphatic rings. The predicted octanol–water partition coefficient (Wildman–Crippen LogP) is -0.718. The topological polar surface area (TPSA) is 66.0 Å². The lowest BCUT2D eigenvalue weighted by atomic mass is 10.6. The minimum Gasteiger partial charge on any atom is -0.467 e. The predicted molar refractivity (Wildman–Crippen MR) is 35.4 cm³/mol. The molecular formula is C5H10N4O. The summed E-state index contributed by atoms with van der Waals surface area (Å²) in [5, 5.41) is 7.48. The van der Waals surface area contributed by atoms with Crippen LogP contribution in [0.4, 0.5) is 0 Å². The van der Waals surface area contributed by atoms with Gasteiger partial charge in [0.15, 0.2) is 0 Å². The van der Waals surface area contributed by atoms with Crippen molar-refractivity contribution in [2.45, 2.75) is 6.54 Å². The Hall–Kier alpha value is -1.10. The zero-order valence-electron chi connectivity index (χ0n) is 6.03. The van der Waals surface area contributed by atoms with Crippen molar-refractivity contribution < 1.29 is 4.74 Å². The zero-order chi connectivity index (χ0) is 7.56. The molecule has 0 spiro atoms. The van der Waals surface area contributed by atoms with E-state index in [4.69, 9.17) is 10.5 Å². The summed E-state index contributed by atoms with van der Waals surface area (Å²) in [7, 11) is 3.35. The Morgan fingerprint density at radius 3 is 2.60 bits per heavy atom. The summed E-state index contributed by atoms with van der Waals surface area (Å²) < 4.78 is 6.57. The molecule has 1 aromatic heterocycles. The van der Waals surface area contributed by atoms with Gasteiger partial charge in [-0.25, -0.2) is 0 Å². The Morgan fingerprint density at radius 2 is 2.30 bits per heavy atom. The lowest BCUT2D eigenvalue weighted by molar-refractivity contribution is 0.363. The maximum Gasteiger partial charge on any atom is 0.316 e. The van der Waals surface area contributed by atoms with E-state index in [-0.39, 0.29) is 0 Å². The van der Waals surface area contributed by atoms with Crippen LogP contribution < -0.4 is 10.5 Å². The van der Waals surface area contributed by atoms with E-state index < -0.39 is 0 Å². The van der Waals surface area contributed by atoms with Crippen molar-refractivity contribution in [1.82, 2.24) is 14.8 Å². The molecule has 56 valence electrons. The maximum absolute atomic E-state index is 5.34. The average Bonchev–Trinajstić information content (AvgIpc) is 2.30. The number of hydrogen-bond acceptors (Lipinski definition) is 4. The van der Waals surface area contributed by atoms with Crippen LogP contribution in [0.5, 0.6) is 6.01 Å². The molecule has 1 rings (SSSR count). The van der Waals surface area contributed by atoms with Gasteiger partial charge < -0.3 is 10.5 Å². The van der Waals surface area contributed by atoms with Gasteiger partial charge in [0.1, 0.15) is 5.82 Å². The molecule has 0 radical (unpaired) electrons. The second-order valence-corrected chi connectivity index (χ2v) is 1.87. The summed E-state index contributed by atoms with van der Waals surface area (Å²) in [6.45, 7) is 0.382. The molecule has 0 amide bonds. The monoisotopic (exact) mass is 142 g/mol.